The number of halogens is 2. The Hall–Kier alpha value is -3.16. The van der Waals surface area contributed by atoms with E-state index in [4.69, 9.17) is 0 Å². The topological polar surface area (TPSA) is 73.5 Å². The third-order valence-electron chi connectivity index (χ3n) is 4.91. The van der Waals surface area contributed by atoms with Gasteiger partial charge in [-0.2, -0.15) is 0 Å². The summed E-state index contributed by atoms with van der Waals surface area (Å²) >= 11 is 0. The van der Waals surface area contributed by atoms with Crippen molar-refractivity contribution in [3.63, 3.8) is 0 Å². The Morgan fingerprint density at radius 1 is 0.933 bits per heavy atom. The van der Waals surface area contributed by atoms with Crippen molar-refractivity contribution in [2.75, 3.05) is 35.2 Å². The number of nitrogens with one attached hydrogen (secondary N) is 3. The van der Waals surface area contributed by atoms with E-state index in [0.29, 0.717) is 17.8 Å². The third kappa shape index (κ3) is 5.46. The molecule has 30 heavy (non-hydrogen) atoms. The standard InChI is InChI=1S/C22H26F2N4O2/c1-2-10-25-21(29)17-13-15(7-9-20(17)28-11-4-3-5-12-28)26-22(30)27-16-6-8-18(23)19(24)14-16/h6-9,13-14H,2-5,10-12H2,1H3,(H,25,29)(H2,26,27,30). The molecule has 2 aromatic carbocycles. The normalized spacial score (nSPS) is 13.6. The summed E-state index contributed by atoms with van der Waals surface area (Å²) in [6.45, 7) is 4.31. The fourth-order valence-corrected chi connectivity index (χ4v) is 3.41. The van der Waals surface area contributed by atoms with E-state index in [9.17, 15) is 18.4 Å². The van der Waals surface area contributed by atoms with E-state index in [1.165, 1.54) is 12.5 Å². The Bertz CT molecular complexity index is 914. The maximum atomic E-state index is 13.3. The highest BCUT2D eigenvalue weighted by molar-refractivity contribution is 6.04. The number of urea groups is 1. The first-order chi connectivity index (χ1) is 14.5. The molecule has 0 aliphatic carbocycles. The number of benzene rings is 2. The average Bonchev–Trinajstić information content (AvgIpc) is 2.75. The summed E-state index contributed by atoms with van der Waals surface area (Å²) in [5, 5.41) is 7.98. The molecule has 1 fully saturated rings. The molecule has 160 valence electrons. The number of carbonyl (C=O) groups is 2. The van der Waals surface area contributed by atoms with Crippen LogP contribution in [0.2, 0.25) is 0 Å². The average molecular weight is 416 g/mol. The van der Waals surface area contributed by atoms with Gasteiger partial charge < -0.3 is 20.9 Å². The van der Waals surface area contributed by atoms with Crippen molar-refractivity contribution < 1.29 is 18.4 Å². The molecule has 3 amide bonds. The Morgan fingerprint density at radius 3 is 2.27 bits per heavy atom. The molecule has 6 nitrogen and oxygen atoms in total. The molecule has 3 N–H and O–H groups in total. The van der Waals surface area contributed by atoms with Crippen molar-refractivity contribution in [2.24, 2.45) is 0 Å². The SMILES string of the molecule is CCCNC(=O)c1cc(NC(=O)Nc2ccc(F)c(F)c2)ccc1N1CCCCC1. The van der Waals surface area contributed by atoms with E-state index in [1.807, 2.05) is 13.0 Å². The second-order valence-corrected chi connectivity index (χ2v) is 7.24. The highest BCUT2D eigenvalue weighted by atomic mass is 19.2. The van der Waals surface area contributed by atoms with Crippen molar-refractivity contribution in [1.29, 1.82) is 0 Å². The van der Waals surface area contributed by atoms with Crippen LogP contribution in [-0.4, -0.2) is 31.6 Å². The minimum absolute atomic E-state index is 0.122. The second kappa shape index (κ2) is 10.0. The van der Waals surface area contributed by atoms with Gasteiger partial charge in [0.1, 0.15) is 0 Å². The van der Waals surface area contributed by atoms with Crippen molar-refractivity contribution >= 4 is 29.0 Å². The fourth-order valence-electron chi connectivity index (χ4n) is 3.41. The zero-order valence-corrected chi connectivity index (χ0v) is 16.9. The second-order valence-electron chi connectivity index (χ2n) is 7.24. The zero-order chi connectivity index (χ0) is 21.5. The molecule has 3 rings (SSSR count). The summed E-state index contributed by atoms with van der Waals surface area (Å²) in [7, 11) is 0. The molecular weight excluding hydrogens is 390 g/mol. The van der Waals surface area contributed by atoms with E-state index in [0.717, 1.165) is 50.2 Å². The van der Waals surface area contributed by atoms with E-state index < -0.39 is 17.7 Å². The number of piperidine rings is 1. The molecule has 1 saturated heterocycles. The minimum atomic E-state index is -1.05. The predicted octanol–water partition coefficient (Wildman–Crippen LogP) is 4.74. The minimum Gasteiger partial charge on any atom is -0.371 e. The van der Waals surface area contributed by atoms with Crippen molar-refractivity contribution in [3.8, 4) is 0 Å². The summed E-state index contributed by atoms with van der Waals surface area (Å²) in [5.41, 5.74) is 1.89. The van der Waals surface area contributed by atoms with Gasteiger partial charge in [-0.25, -0.2) is 13.6 Å². The molecule has 1 aliphatic heterocycles. The van der Waals surface area contributed by atoms with Gasteiger partial charge in [0, 0.05) is 42.8 Å². The zero-order valence-electron chi connectivity index (χ0n) is 16.9. The highest BCUT2D eigenvalue weighted by Crippen LogP contribution is 2.27. The first kappa shape index (κ1) is 21.5. The number of anilines is 3. The Labute approximate surface area is 174 Å². The van der Waals surface area contributed by atoms with Gasteiger partial charge in [0.15, 0.2) is 11.6 Å². The summed E-state index contributed by atoms with van der Waals surface area (Å²) in [5.74, 6) is -2.23. The van der Waals surface area contributed by atoms with Crippen molar-refractivity contribution in [1.82, 2.24) is 5.32 Å². The van der Waals surface area contributed by atoms with Crippen LogP contribution < -0.4 is 20.9 Å². The molecule has 2 aromatic rings. The van der Waals surface area contributed by atoms with E-state index in [1.54, 1.807) is 12.1 Å². The van der Waals surface area contributed by atoms with Gasteiger partial charge in [0.25, 0.3) is 5.91 Å². The number of amides is 3. The lowest BCUT2D eigenvalue weighted by atomic mass is 10.1. The predicted molar refractivity (Wildman–Crippen MR) is 114 cm³/mol. The molecular formula is C22H26F2N4O2. The van der Waals surface area contributed by atoms with Gasteiger partial charge >= 0.3 is 6.03 Å². The molecule has 1 heterocycles. The third-order valence-corrected chi connectivity index (χ3v) is 4.91. The van der Waals surface area contributed by atoms with Crippen molar-refractivity contribution in [3.05, 3.63) is 53.6 Å². The van der Waals surface area contributed by atoms with Crippen LogP contribution in [0, 0.1) is 11.6 Å². The van der Waals surface area contributed by atoms with Crippen LogP contribution in [0.25, 0.3) is 0 Å². The van der Waals surface area contributed by atoms with Crippen LogP contribution in [0.5, 0.6) is 0 Å². The first-order valence-corrected chi connectivity index (χ1v) is 10.2. The van der Waals surface area contributed by atoms with Gasteiger partial charge in [-0.05, 0) is 56.0 Å². The van der Waals surface area contributed by atoms with Gasteiger partial charge in [0.2, 0.25) is 0 Å². The quantitative estimate of drug-likeness (QED) is 0.637. The number of carbonyl (C=O) groups excluding carboxylic acids is 2. The Kier molecular flexibility index (Phi) is 7.21. The van der Waals surface area contributed by atoms with Crippen LogP contribution in [0.3, 0.4) is 0 Å². The summed E-state index contributed by atoms with van der Waals surface area (Å²) < 4.78 is 26.4. The number of rotatable bonds is 6. The summed E-state index contributed by atoms with van der Waals surface area (Å²) in [6, 6.07) is 7.68. The lowest BCUT2D eigenvalue weighted by Gasteiger charge is -2.30. The monoisotopic (exact) mass is 416 g/mol. The molecule has 0 bridgehead atoms. The fraction of sp³-hybridized carbons (Fsp3) is 0.364. The number of nitrogens with zero attached hydrogens (tertiary/aromatic N) is 1. The van der Waals surface area contributed by atoms with E-state index in [-0.39, 0.29) is 11.6 Å². The lowest BCUT2D eigenvalue weighted by Crippen LogP contribution is -2.33. The molecule has 0 unspecified atom stereocenters. The smallest absolute Gasteiger partial charge is 0.323 e. The maximum absolute atomic E-state index is 13.3. The number of hydrogen-bond donors (Lipinski definition) is 3. The van der Waals surface area contributed by atoms with Crippen LogP contribution in [0.4, 0.5) is 30.6 Å². The summed E-state index contributed by atoms with van der Waals surface area (Å²) in [4.78, 5) is 27.2. The van der Waals surface area contributed by atoms with Crippen LogP contribution in [0.15, 0.2) is 36.4 Å². The first-order valence-electron chi connectivity index (χ1n) is 10.2. The van der Waals surface area contributed by atoms with E-state index in [2.05, 4.69) is 20.9 Å². The van der Waals surface area contributed by atoms with Crippen molar-refractivity contribution in [2.45, 2.75) is 32.6 Å². The van der Waals surface area contributed by atoms with Gasteiger partial charge in [0.05, 0.1) is 5.56 Å². The lowest BCUT2D eigenvalue weighted by molar-refractivity contribution is 0.0954. The Morgan fingerprint density at radius 2 is 1.60 bits per heavy atom. The molecule has 0 saturated carbocycles. The summed E-state index contributed by atoms with van der Waals surface area (Å²) in [6.07, 6.45) is 4.15. The largest absolute Gasteiger partial charge is 0.371 e. The Balaban J connectivity index is 1.77. The van der Waals surface area contributed by atoms with E-state index >= 15 is 0 Å². The molecule has 0 radical (unpaired) electrons. The van der Waals surface area contributed by atoms with Crippen LogP contribution >= 0.6 is 0 Å². The van der Waals surface area contributed by atoms with Gasteiger partial charge in [-0.3, -0.25) is 4.79 Å². The highest BCUT2D eigenvalue weighted by Gasteiger charge is 2.19. The maximum Gasteiger partial charge on any atom is 0.323 e. The molecule has 1 aliphatic rings. The molecule has 8 heteroatoms. The van der Waals surface area contributed by atoms with Crippen LogP contribution in [0.1, 0.15) is 43.0 Å². The molecule has 0 spiro atoms. The number of hydrogen-bond acceptors (Lipinski definition) is 3. The van der Waals surface area contributed by atoms with Crippen LogP contribution in [-0.2, 0) is 0 Å². The molecule has 0 aromatic heterocycles. The van der Waals surface area contributed by atoms with Gasteiger partial charge in [-0.15, -0.1) is 0 Å². The molecule has 0 atom stereocenters. The van der Waals surface area contributed by atoms with Gasteiger partial charge in [-0.1, -0.05) is 6.92 Å².